The summed E-state index contributed by atoms with van der Waals surface area (Å²) < 4.78 is 0. The molecule has 17 heavy (non-hydrogen) atoms. The van der Waals surface area contributed by atoms with E-state index in [-0.39, 0.29) is 0 Å². The summed E-state index contributed by atoms with van der Waals surface area (Å²) in [6.07, 6.45) is 7.18. The van der Waals surface area contributed by atoms with Crippen molar-refractivity contribution in [2.45, 2.75) is 58.0 Å². The lowest BCUT2D eigenvalue weighted by molar-refractivity contribution is 0.0559. The van der Waals surface area contributed by atoms with Crippen LogP contribution in [-0.2, 0) is 0 Å². The third-order valence-electron chi connectivity index (χ3n) is 4.16. The van der Waals surface area contributed by atoms with E-state index in [0.717, 1.165) is 18.8 Å². The van der Waals surface area contributed by atoms with Crippen molar-refractivity contribution in [3.05, 3.63) is 0 Å². The summed E-state index contributed by atoms with van der Waals surface area (Å²) in [5.74, 6) is 0.962. The molecule has 0 amide bonds. The maximum absolute atomic E-state index is 9.79. The van der Waals surface area contributed by atoms with Gasteiger partial charge in [-0.1, -0.05) is 13.3 Å². The van der Waals surface area contributed by atoms with Gasteiger partial charge in [0, 0.05) is 6.54 Å². The number of piperidine rings is 1. The van der Waals surface area contributed by atoms with Crippen molar-refractivity contribution in [1.29, 1.82) is 0 Å². The molecule has 0 aliphatic carbocycles. The van der Waals surface area contributed by atoms with Crippen LogP contribution in [0.5, 0.6) is 0 Å². The largest absolute Gasteiger partial charge is 0.389 e. The zero-order valence-electron chi connectivity index (χ0n) is 11.6. The second-order valence-electron chi connectivity index (χ2n) is 5.85. The van der Waals surface area contributed by atoms with Crippen molar-refractivity contribution in [1.82, 2.24) is 4.90 Å². The van der Waals surface area contributed by atoms with Crippen LogP contribution in [0.2, 0.25) is 0 Å². The summed E-state index contributed by atoms with van der Waals surface area (Å²) in [7, 11) is 0. The molecule has 1 atom stereocenters. The van der Waals surface area contributed by atoms with Gasteiger partial charge in [0.15, 0.2) is 0 Å². The number of likely N-dealkylation sites (tertiary alicyclic amines) is 1. The number of aliphatic hydroxyl groups is 1. The Balaban J connectivity index is 2.04. The third kappa shape index (κ3) is 5.84. The Kier molecular flexibility index (Phi) is 6.45. The van der Waals surface area contributed by atoms with Crippen molar-refractivity contribution < 1.29 is 5.11 Å². The summed E-state index contributed by atoms with van der Waals surface area (Å²) in [4.78, 5) is 2.57. The SMILES string of the molecule is CCC1CCN(CCCCC(C)(O)CN)CC1. The van der Waals surface area contributed by atoms with Gasteiger partial charge in [-0.15, -0.1) is 0 Å². The maximum atomic E-state index is 9.79. The van der Waals surface area contributed by atoms with E-state index in [0.29, 0.717) is 6.54 Å². The molecule has 0 bridgehead atoms. The average Bonchev–Trinajstić information content (AvgIpc) is 2.35. The number of nitrogens with two attached hydrogens (primary N) is 1. The molecule has 1 aliphatic heterocycles. The van der Waals surface area contributed by atoms with Crippen LogP contribution < -0.4 is 5.73 Å². The van der Waals surface area contributed by atoms with E-state index in [1.54, 1.807) is 0 Å². The first-order chi connectivity index (χ1) is 8.07. The minimum Gasteiger partial charge on any atom is -0.389 e. The maximum Gasteiger partial charge on any atom is 0.0741 e. The fourth-order valence-corrected chi connectivity index (χ4v) is 2.56. The summed E-state index contributed by atoms with van der Waals surface area (Å²) in [5, 5.41) is 9.79. The molecule has 1 fully saturated rings. The van der Waals surface area contributed by atoms with Gasteiger partial charge in [-0.2, -0.15) is 0 Å². The highest BCUT2D eigenvalue weighted by molar-refractivity contribution is 4.74. The average molecular weight is 242 g/mol. The Morgan fingerprint density at radius 1 is 1.29 bits per heavy atom. The lowest BCUT2D eigenvalue weighted by atomic mass is 9.94. The molecule has 1 heterocycles. The lowest BCUT2D eigenvalue weighted by Crippen LogP contribution is -2.35. The van der Waals surface area contributed by atoms with Crippen molar-refractivity contribution in [2.24, 2.45) is 11.7 Å². The van der Waals surface area contributed by atoms with Gasteiger partial charge in [-0.25, -0.2) is 0 Å². The van der Waals surface area contributed by atoms with E-state index < -0.39 is 5.60 Å². The molecule has 0 saturated carbocycles. The molecule has 0 radical (unpaired) electrons. The van der Waals surface area contributed by atoms with E-state index in [4.69, 9.17) is 5.73 Å². The first kappa shape index (κ1) is 14.9. The molecule has 0 spiro atoms. The van der Waals surface area contributed by atoms with E-state index >= 15 is 0 Å². The number of rotatable bonds is 7. The Labute approximate surface area is 106 Å². The Hall–Kier alpha value is -0.120. The molecule has 3 N–H and O–H groups in total. The number of unbranched alkanes of at least 4 members (excludes halogenated alkanes) is 1. The summed E-state index contributed by atoms with van der Waals surface area (Å²) in [6, 6.07) is 0. The van der Waals surface area contributed by atoms with Crippen LogP contribution in [0.4, 0.5) is 0 Å². The van der Waals surface area contributed by atoms with E-state index in [2.05, 4.69) is 11.8 Å². The molecule has 3 heteroatoms. The fraction of sp³-hybridized carbons (Fsp3) is 1.00. The predicted molar refractivity (Wildman–Crippen MR) is 73.0 cm³/mol. The number of nitrogens with zero attached hydrogens (tertiary/aromatic N) is 1. The highest BCUT2D eigenvalue weighted by Gasteiger charge is 2.19. The minimum absolute atomic E-state index is 0.370. The fourth-order valence-electron chi connectivity index (χ4n) is 2.56. The van der Waals surface area contributed by atoms with Gasteiger partial charge in [0.1, 0.15) is 0 Å². The first-order valence-electron chi connectivity index (χ1n) is 7.22. The number of hydrogen-bond acceptors (Lipinski definition) is 3. The van der Waals surface area contributed by atoms with Crippen molar-refractivity contribution in [3.8, 4) is 0 Å². The second-order valence-corrected chi connectivity index (χ2v) is 5.85. The predicted octanol–water partition coefficient (Wildman–Crippen LogP) is 1.99. The lowest BCUT2D eigenvalue weighted by Gasteiger charge is -2.31. The summed E-state index contributed by atoms with van der Waals surface area (Å²) in [6.45, 7) is 8.23. The Morgan fingerprint density at radius 2 is 1.94 bits per heavy atom. The molecule has 1 unspecified atom stereocenters. The van der Waals surface area contributed by atoms with Crippen LogP contribution in [0, 0.1) is 5.92 Å². The summed E-state index contributed by atoms with van der Waals surface area (Å²) >= 11 is 0. The molecule has 1 aliphatic rings. The first-order valence-corrected chi connectivity index (χ1v) is 7.22. The van der Waals surface area contributed by atoms with Gasteiger partial charge >= 0.3 is 0 Å². The quantitative estimate of drug-likeness (QED) is 0.671. The molecule has 0 aromatic heterocycles. The Morgan fingerprint density at radius 3 is 2.47 bits per heavy atom. The van der Waals surface area contributed by atoms with E-state index in [1.165, 1.54) is 45.3 Å². The van der Waals surface area contributed by atoms with Crippen LogP contribution in [0.25, 0.3) is 0 Å². The molecule has 0 aromatic rings. The van der Waals surface area contributed by atoms with Crippen LogP contribution in [-0.4, -0.2) is 41.8 Å². The van der Waals surface area contributed by atoms with Gasteiger partial charge in [0.05, 0.1) is 5.60 Å². The number of hydrogen-bond donors (Lipinski definition) is 2. The van der Waals surface area contributed by atoms with Crippen LogP contribution in [0.1, 0.15) is 52.4 Å². The summed E-state index contributed by atoms with van der Waals surface area (Å²) in [5.41, 5.74) is 4.84. The monoisotopic (exact) mass is 242 g/mol. The van der Waals surface area contributed by atoms with Gasteiger partial charge < -0.3 is 15.7 Å². The molecule has 3 nitrogen and oxygen atoms in total. The van der Waals surface area contributed by atoms with Crippen LogP contribution in [0.15, 0.2) is 0 Å². The minimum atomic E-state index is -0.658. The topological polar surface area (TPSA) is 49.5 Å². The third-order valence-corrected chi connectivity index (χ3v) is 4.16. The molecule has 102 valence electrons. The van der Waals surface area contributed by atoms with E-state index in [1.807, 2.05) is 6.92 Å². The zero-order chi connectivity index (χ0) is 12.7. The normalized spacial score (nSPS) is 22.6. The van der Waals surface area contributed by atoms with Crippen LogP contribution >= 0.6 is 0 Å². The molecule has 1 saturated heterocycles. The van der Waals surface area contributed by atoms with Gasteiger partial charge in [-0.05, 0) is 64.6 Å². The smallest absolute Gasteiger partial charge is 0.0741 e. The van der Waals surface area contributed by atoms with Gasteiger partial charge in [0.25, 0.3) is 0 Å². The molecule has 0 aromatic carbocycles. The molecule has 1 rings (SSSR count). The highest BCUT2D eigenvalue weighted by Crippen LogP contribution is 2.20. The van der Waals surface area contributed by atoms with Gasteiger partial charge in [-0.3, -0.25) is 0 Å². The molecular formula is C14H30N2O. The van der Waals surface area contributed by atoms with Gasteiger partial charge in [0.2, 0.25) is 0 Å². The zero-order valence-corrected chi connectivity index (χ0v) is 11.6. The Bertz CT molecular complexity index is 198. The van der Waals surface area contributed by atoms with Crippen molar-refractivity contribution in [2.75, 3.05) is 26.2 Å². The second kappa shape index (κ2) is 7.34. The van der Waals surface area contributed by atoms with Crippen molar-refractivity contribution >= 4 is 0 Å². The van der Waals surface area contributed by atoms with E-state index in [9.17, 15) is 5.11 Å². The van der Waals surface area contributed by atoms with Crippen LogP contribution in [0.3, 0.4) is 0 Å². The highest BCUT2D eigenvalue weighted by atomic mass is 16.3. The standard InChI is InChI=1S/C14H30N2O/c1-3-13-6-10-16(11-7-13)9-5-4-8-14(2,17)12-15/h13,17H,3-12,15H2,1-2H3. The van der Waals surface area contributed by atoms with Crippen molar-refractivity contribution in [3.63, 3.8) is 0 Å². The molecular weight excluding hydrogens is 212 g/mol.